The molecule has 5 aliphatic heterocycles. The Balaban J connectivity index is 0.714. The van der Waals surface area contributed by atoms with E-state index in [1.165, 1.54) is 111 Å². The lowest BCUT2D eigenvalue weighted by Crippen LogP contribution is -2.31. The van der Waals surface area contributed by atoms with Crippen molar-refractivity contribution in [1.29, 1.82) is 0 Å². The smallest absolute Gasteiger partial charge is 0.233 e. The van der Waals surface area contributed by atoms with Crippen molar-refractivity contribution in [3.63, 3.8) is 0 Å². The zero-order valence-corrected chi connectivity index (χ0v) is 76.4. The maximum atomic E-state index is 5.77. The standard InChI is InChI=1S/C114H106N14/c1-60-48-66(7)98(67(8)49-60)106-86-34-30-82(117-86)104(83-31-35-87(118-83)107(99-68(9)50-61(2)51-69(99)10)91-39-43-95(122-91)110(94-42-38-90(106)121-94)102-74(15)56-64(5)57-75(102)16)78-22-26-80(27-23-78)115-112-125-113(127-114(126-112)128-46-20-19-21-47-128)116-81-28-24-79(25-29-81)105-84-32-36-88(119-84)108(100-70(11)52-62(3)53-71(100)12)92-40-44-96(123-92)111(103-76(17)58-65(6)59-77(103)18)97-45-41-93(124-97)109(89-37-33-85(105)120-89)101-72(13)54-63(4)55-73(101)14/h22-45,48-59,117,119,122,124H,19-21,46-47H2,1-18H3,(H2,115,116,125,126,127). The van der Waals surface area contributed by atoms with E-state index in [0.29, 0.717) is 17.8 Å². The van der Waals surface area contributed by atoms with Crippen LogP contribution in [-0.2, 0) is 0 Å². The van der Waals surface area contributed by atoms with E-state index in [4.69, 9.17) is 34.9 Å². The lowest BCUT2D eigenvalue weighted by atomic mass is 9.92. The molecule has 14 nitrogen and oxygen atoms in total. The van der Waals surface area contributed by atoms with Crippen molar-refractivity contribution in [2.75, 3.05) is 28.6 Å². The zero-order chi connectivity index (χ0) is 88.5. The third-order valence-electron chi connectivity index (χ3n) is 26.2. The number of benzene rings is 8. The van der Waals surface area contributed by atoms with Gasteiger partial charge in [-0.15, -0.1) is 0 Å². The Morgan fingerprint density at radius 3 is 0.617 bits per heavy atom. The molecule has 0 spiro atoms. The highest BCUT2D eigenvalue weighted by molar-refractivity contribution is 6.05. The van der Waals surface area contributed by atoms with Gasteiger partial charge in [0.25, 0.3) is 0 Å². The summed E-state index contributed by atoms with van der Waals surface area (Å²) >= 11 is 0. The first-order chi connectivity index (χ1) is 61.8. The van der Waals surface area contributed by atoms with E-state index in [1.54, 1.807) is 0 Å². The fraction of sp³-hybridized carbons (Fsp3) is 0.202. The molecule has 20 rings (SSSR count). The third-order valence-corrected chi connectivity index (χ3v) is 26.2. The first-order valence-corrected chi connectivity index (χ1v) is 44.8. The van der Waals surface area contributed by atoms with Gasteiger partial charge in [-0.1, -0.05) is 130 Å². The Morgan fingerprint density at radius 2 is 0.406 bits per heavy atom. The van der Waals surface area contributed by atoms with Crippen LogP contribution in [0.15, 0.2) is 170 Å². The van der Waals surface area contributed by atoms with Gasteiger partial charge < -0.3 is 35.5 Å². The van der Waals surface area contributed by atoms with E-state index >= 15 is 0 Å². The molecular weight excluding hydrogens is 1570 g/mol. The molecule has 6 N–H and O–H groups in total. The molecule has 0 aliphatic carbocycles. The molecule has 16 bridgehead atoms. The molecule has 5 aliphatic rings. The number of aromatic nitrogens is 11. The molecule has 12 heterocycles. The van der Waals surface area contributed by atoms with Gasteiger partial charge in [0.05, 0.1) is 45.6 Å². The molecule has 1 fully saturated rings. The number of hydrogen-bond donors (Lipinski definition) is 6. The van der Waals surface area contributed by atoms with Gasteiger partial charge in [0.1, 0.15) is 0 Å². The monoisotopic (exact) mass is 1670 g/mol. The highest BCUT2D eigenvalue weighted by Gasteiger charge is 2.28. The molecule has 0 amide bonds. The topological polar surface area (TPSA) is 181 Å². The number of nitrogens with one attached hydrogen (secondary N) is 6. The van der Waals surface area contributed by atoms with Gasteiger partial charge >= 0.3 is 0 Å². The van der Waals surface area contributed by atoms with Crippen molar-refractivity contribution in [3.8, 4) is 89.0 Å². The van der Waals surface area contributed by atoms with Gasteiger partial charge in [-0.05, 0) is 377 Å². The highest BCUT2D eigenvalue weighted by Crippen LogP contribution is 2.47. The van der Waals surface area contributed by atoms with Crippen LogP contribution in [0.5, 0.6) is 0 Å². The Hall–Kier alpha value is -14.6. The average molecular weight is 1670 g/mol. The number of rotatable bonds is 13. The Kier molecular flexibility index (Phi) is 20.7. The number of H-pyrrole nitrogens is 4. The number of anilines is 5. The summed E-state index contributed by atoms with van der Waals surface area (Å²) in [6, 6.07) is 62.4. The SMILES string of the molecule is Cc1cc(C)c(-c2c3nc(c(-c4c(C)cc(C)cc4C)c4ccc([nH]4)c(-c4c(C)cc(C)cc4C)c4nc(c(-c5ccc(Nc6nc(Nc7ccc(-c8c9nc(c(-c%10c(C)cc(C)cc%10C)c%10ccc([nH]%10)c(-c%10c(C)cc(C)cc%10C)c%10nc(c(-c%11c(C)cc(C)cc%11C)c%11ccc8[nH]%11)C=C%10)C=C9)cc7)nc(N7CCCCC7)n6)cc5)c5ccc2[nH]5)C=C4)C=C3)c(C)c1. The largest absolute Gasteiger partial charge is 0.354 e. The minimum Gasteiger partial charge on any atom is -0.354 e. The van der Waals surface area contributed by atoms with Crippen molar-refractivity contribution < 1.29 is 0 Å². The van der Waals surface area contributed by atoms with Crippen LogP contribution in [0.4, 0.5) is 29.2 Å². The number of nitrogens with zero attached hydrogens (tertiary/aromatic N) is 8. The van der Waals surface area contributed by atoms with Crippen LogP contribution in [0.3, 0.4) is 0 Å². The van der Waals surface area contributed by atoms with Crippen LogP contribution in [0.2, 0.25) is 0 Å². The molecule has 128 heavy (non-hydrogen) atoms. The van der Waals surface area contributed by atoms with Crippen molar-refractivity contribution in [2.45, 2.75) is 144 Å². The van der Waals surface area contributed by atoms with Gasteiger partial charge in [0, 0.05) is 113 Å². The van der Waals surface area contributed by atoms with Crippen LogP contribution in [0, 0.1) is 125 Å². The third kappa shape index (κ3) is 14.9. The van der Waals surface area contributed by atoms with E-state index < -0.39 is 0 Å². The Morgan fingerprint density at radius 1 is 0.211 bits per heavy atom. The zero-order valence-electron chi connectivity index (χ0n) is 76.4. The molecule has 0 unspecified atom stereocenters. The molecular formula is C114H106N14. The molecule has 8 aromatic carbocycles. The minimum atomic E-state index is 0.418. The first-order valence-electron chi connectivity index (χ1n) is 44.8. The molecule has 14 heteroatoms. The van der Waals surface area contributed by atoms with Crippen molar-refractivity contribution >= 4 is 122 Å². The van der Waals surface area contributed by atoms with Gasteiger partial charge in [0.15, 0.2) is 0 Å². The number of fused-ring (bicyclic) bond motifs is 16. The van der Waals surface area contributed by atoms with E-state index in [-0.39, 0.29) is 0 Å². The van der Waals surface area contributed by atoms with Crippen molar-refractivity contribution in [3.05, 3.63) is 316 Å². The van der Waals surface area contributed by atoms with Crippen LogP contribution >= 0.6 is 0 Å². The average Bonchev–Trinajstić information content (AvgIpc) is 1.59. The van der Waals surface area contributed by atoms with Crippen LogP contribution in [0.1, 0.15) is 165 Å². The van der Waals surface area contributed by atoms with E-state index in [2.05, 4.69) is 379 Å². The van der Waals surface area contributed by atoms with Gasteiger partial charge in [-0.3, -0.25) is 0 Å². The maximum Gasteiger partial charge on any atom is 0.233 e. The summed E-state index contributed by atoms with van der Waals surface area (Å²) in [6.45, 7) is 41.4. The molecule has 0 saturated carbocycles. The number of hydrogen-bond acceptors (Lipinski definition) is 10. The highest BCUT2D eigenvalue weighted by atomic mass is 15.3. The number of aryl methyl sites for hydroxylation is 18. The summed E-state index contributed by atoms with van der Waals surface area (Å²) < 4.78 is 0. The van der Waals surface area contributed by atoms with Gasteiger partial charge in [-0.2, -0.15) is 15.0 Å². The maximum absolute atomic E-state index is 5.77. The van der Waals surface area contributed by atoms with Crippen LogP contribution < -0.4 is 15.5 Å². The predicted octanol–water partition coefficient (Wildman–Crippen LogP) is 29.2. The quantitative estimate of drug-likeness (QED) is 0.0650. The fourth-order valence-corrected chi connectivity index (χ4v) is 21.5. The summed E-state index contributed by atoms with van der Waals surface area (Å²) in [4.78, 5) is 57.1. The van der Waals surface area contributed by atoms with Crippen LogP contribution in [0.25, 0.3) is 182 Å². The van der Waals surface area contributed by atoms with Crippen molar-refractivity contribution in [1.82, 2.24) is 54.8 Å². The van der Waals surface area contributed by atoms with Gasteiger partial charge in [-0.25, -0.2) is 19.9 Å². The van der Waals surface area contributed by atoms with Crippen molar-refractivity contribution in [2.24, 2.45) is 0 Å². The molecule has 15 aromatic rings. The lowest BCUT2D eigenvalue weighted by molar-refractivity contribution is 0.568. The Labute approximate surface area is 749 Å². The second-order valence-corrected chi connectivity index (χ2v) is 36.4. The second kappa shape index (κ2) is 32.4. The lowest BCUT2D eigenvalue weighted by Gasteiger charge is -2.27. The van der Waals surface area contributed by atoms with Crippen LogP contribution in [-0.4, -0.2) is 67.9 Å². The predicted molar refractivity (Wildman–Crippen MR) is 539 cm³/mol. The number of piperidine rings is 1. The fourth-order valence-electron chi connectivity index (χ4n) is 21.5. The van der Waals surface area contributed by atoms with E-state index in [1.807, 2.05) is 0 Å². The second-order valence-electron chi connectivity index (χ2n) is 36.4. The Bertz CT molecular complexity index is 7030. The summed E-state index contributed by atoms with van der Waals surface area (Å²) in [6.07, 6.45) is 20.8. The molecule has 1 saturated heterocycles. The summed E-state index contributed by atoms with van der Waals surface area (Å²) in [5.74, 6) is 1.45. The minimum absolute atomic E-state index is 0.418. The summed E-state index contributed by atoms with van der Waals surface area (Å²) in [7, 11) is 0. The molecule has 632 valence electrons. The number of aromatic amines is 4. The van der Waals surface area contributed by atoms with E-state index in [9.17, 15) is 0 Å². The van der Waals surface area contributed by atoms with E-state index in [0.717, 1.165) is 211 Å². The molecule has 0 radical (unpaired) electrons. The van der Waals surface area contributed by atoms with Gasteiger partial charge in [0.2, 0.25) is 17.8 Å². The normalized spacial score (nSPS) is 12.9. The first kappa shape index (κ1) is 81.7. The molecule has 7 aromatic heterocycles. The summed E-state index contributed by atoms with van der Waals surface area (Å²) in [5.41, 5.74) is 54.6. The molecule has 0 atom stereocenters. The summed E-state index contributed by atoms with van der Waals surface area (Å²) in [5, 5.41) is 7.34.